The molecule has 7 heteroatoms. The summed E-state index contributed by atoms with van der Waals surface area (Å²) >= 11 is 0.996. The Labute approximate surface area is 162 Å². The van der Waals surface area contributed by atoms with Crippen LogP contribution in [0.25, 0.3) is 6.08 Å². The van der Waals surface area contributed by atoms with Gasteiger partial charge in [-0.25, -0.2) is 0 Å². The van der Waals surface area contributed by atoms with Gasteiger partial charge in [-0.3, -0.25) is 24.4 Å². The Morgan fingerprint density at radius 3 is 2.48 bits per heavy atom. The van der Waals surface area contributed by atoms with Gasteiger partial charge in [0.1, 0.15) is 0 Å². The Bertz CT molecular complexity index is 849. The second-order valence-corrected chi connectivity index (χ2v) is 7.47. The minimum atomic E-state index is -0.223. The minimum Gasteiger partial charge on any atom is -0.369 e. The van der Waals surface area contributed by atoms with Crippen molar-refractivity contribution in [3.8, 4) is 0 Å². The zero-order chi connectivity index (χ0) is 18.6. The molecule has 2 aliphatic heterocycles. The zero-order valence-electron chi connectivity index (χ0n) is 14.8. The first-order chi connectivity index (χ1) is 13.2. The lowest BCUT2D eigenvalue weighted by Crippen LogP contribution is -2.50. The number of benzene rings is 1. The van der Waals surface area contributed by atoms with Crippen molar-refractivity contribution >= 4 is 34.7 Å². The molecule has 2 amide bonds. The maximum atomic E-state index is 12.6. The zero-order valence-corrected chi connectivity index (χ0v) is 15.6. The van der Waals surface area contributed by atoms with Crippen molar-refractivity contribution in [1.29, 1.82) is 0 Å². The monoisotopic (exact) mass is 380 g/mol. The number of thioether (sulfide) groups is 1. The van der Waals surface area contributed by atoms with E-state index in [1.54, 1.807) is 18.5 Å². The van der Waals surface area contributed by atoms with Crippen LogP contribution in [0.1, 0.15) is 5.56 Å². The number of pyridine rings is 1. The first kappa shape index (κ1) is 17.8. The third kappa shape index (κ3) is 4.04. The van der Waals surface area contributed by atoms with Crippen molar-refractivity contribution < 1.29 is 9.59 Å². The number of hydrogen-bond acceptors (Lipinski definition) is 6. The molecule has 138 valence electrons. The van der Waals surface area contributed by atoms with E-state index in [1.807, 2.05) is 30.3 Å². The van der Waals surface area contributed by atoms with E-state index in [0.29, 0.717) is 11.6 Å². The summed E-state index contributed by atoms with van der Waals surface area (Å²) in [4.78, 5) is 35.3. The van der Waals surface area contributed by atoms with Crippen molar-refractivity contribution in [1.82, 2.24) is 14.8 Å². The second-order valence-electron chi connectivity index (χ2n) is 6.48. The summed E-state index contributed by atoms with van der Waals surface area (Å²) in [5.41, 5.74) is 2.03. The lowest BCUT2D eigenvalue weighted by atomic mass is 10.2. The molecule has 0 saturated carbocycles. The largest absolute Gasteiger partial charge is 0.369 e. The fraction of sp³-hybridized carbons (Fsp3) is 0.250. The highest BCUT2D eigenvalue weighted by molar-refractivity contribution is 8.18. The molecule has 0 atom stereocenters. The Morgan fingerprint density at radius 2 is 1.78 bits per heavy atom. The van der Waals surface area contributed by atoms with E-state index in [4.69, 9.17) is 0 Å². The normalized spacial score (nSPS) is 19.9. The number of hydrogen-bond donors (Lipinski definition) is 0. The van der Waals surface area contributed by atoms with Gasteiger partial charge in [0.05, 0.1) is 11.6 Å². The van der Waals surface area contributed by atoms with Gasteiger partial charge in [-0.15, -0.1) is 0 Å². The molecule has 0 radical (unpaired) electrons. The smallest absolute Gasteiger partial charge is 0.294 e. The Balaban J connectivity index is 1.37. The molecule has 2 fully saturated rings. The number of anilines is 1. The van der Waals surface area contributed by atoms with E-state index in [9.17, 15) is 9.59 Å². The van der Waals surface area contributed by atoms with Crippen molar-refractivity contribution in [2.75, 3.05) is 37.7 Å². The summed E-state index contributed by atoms with van der Waals surface area (Å²) in [6, 6.07) is 14.0. The van der Waals surface area contributed by atoms with Gasteiger partial charge < -0.3 is 4.90 Å². The fourth-order valence-electron chi connectivity index (χ4n) is 3.22. The van der Waals surface area contributed by atoms with Crippen LogP contribution in [0.15, 0.2) is 59.8 Å². The third-order valence-electron chi connectivity index (χ3n) is 4.69. The maximum absolute atomic E-state index is 12.6. The number of rotatable bonds is 4. The summed E-state index contributed by atoms with van der Waals surface area (Å²) in [5, 5.41) is -0.208. The number of piperazine rings is 1. The Hall–Kier alpha value is -2.64. The van der Waals surface area contributed by atoms with Gasteiger partial charge in [0, 0.05) is 44.3 Å². The van der Waals surface area contributed by atoms with Crippen LogP contribution in [0, 0.1) is 0 Å². The summed E-state index contributed by atoms with van der Waals surface area (Å²) in [5.74, 6) is -0.223. The number of aromatic nitrogens is 1. The molecule has 2 saturated heterocycles. The summed E-state index contributed by atoms with van der Waals surface area (Å²) in [7, 11) is 0. The molecule has 3 heterocycles. The van der Waals surface area contributed by atoms with Crippen LogP contribution in [-0.2, 0) is 4.79 Å². The van der Waals surface area contributed by atoms with E-state index in [0.717, 1.165) is 43.5 Å². The molecule has 0 unspecified atom stereocenters. The Morgan fingerprint density at radius 1 is 1.00 bits per heavy atom. The van der Waals surface area contributed by atoms with Crippen LogP contribution in [0.4, 0.5) is 10.5 Å². The molecule has 0 aliphatic carbocycles. The van der Waals surface area contributed by atoms with E-state index in [-0.39, 0.29) is 11.1 Å². The molecule has 6 nitrogen and oxygen atoms in total. The molecule has 2 aromatic rings. The van der Waals surface area contributed by atoms with Crippen molar-refractivity contribution in [2.45, 2.75) is 0 Å². The number of amides is 2. The first-order valence-electron chi connectivity index (χ1n) is 8.88. The van der Waals surface area contributed by atoms with Gasteiger partial charge in [0.2, 0.25) is 0 Å². The van der Waals surface area contributed by atoms with Gasteiger partial charge in [-0.2, -0.15) is 0 Å². The van der Waals surface area contributed by atoms with Crippen LogP contribution >= 0.6 is 11.8 Å². The lowest BCUT2D eigenvalue weighted by Gasteiger charge is -2.37. The summed E-state index contributed by atoms with van der Waals surface area (Å²) < 4.78 is 0. The standard InChI is InChI=1S/C20H20N4O2S/c25-19-18(13-16-5-4-8-21-14-16)27-20(26)24(19)15-22-9-11-23(12-10-22)17-6-2-1-3-7-17/h1-8,13-14H,9-12,15H2/b18-13+. The second kappa shape index (κ2) is 7.94. The van der Waals surface area contributed by atoms with Crippen LogP contribution in [0.5, 0.6) is 0 Å². The topological polar surface area (TPSA) is 56.8 Å². The lowest BCUT2D eigenvalue weighted by molar-refractivity contribution is -0.124. The van der Waals surface area contributed by atoms with Gasteiger partial charge >= 0.3 is 0 Å². The number of carbonyl (C=O) groups excluding carboxylic acids is 2. The molecule has 1 aromatic carbocycles. The van der Waals surface area contributed by atoms with Crippen molar-refractivity contribution in [2.24, 2.45) is 0 Å². The minimum absolute atomic E-state index is 0.208. The SMILES string of the molecule is O=C1S/C(=C/c2cccnc2)C(=O)N1CN1CCN(c2ccccc2)CC1. The number of nitrogens with zero attached hydrogens (tertiary/aromatic N) is 4. The highest BCUT2D eigenvalue weighted by atomic mass is 32.2. The van der Waals surface area contributed by atoms with Gasteiger partial charge in [-0.1, -0.05) is 24.3 Å². The highest BCUT2D eigenvalue weighted by Crippen LogP contribution is 2.32. The van der Waals surface area contributed by atoms with Crippen LogP contribution in [0.3, 0.4) is 0 Å². The molecular formula is C20H20N4O2S. The van der Waals surface area contributed by atoms with E-state index < -0.39 is 0 Å². The average molecular weight is 380 g/mol. The fourth-order valence-corrected chi connectivity index (χ4v) is 4.05. The molecule has 2 aliphatic rings. The van der Waals surface area contributed by atoms with Crippen molar-refractivity contribution in [3.63, 3.8) is 0 Å². The van der Waals surface area contributed by atoms with Crippen LogP contribution in [0.2, 0.25) is 0 Å². The van der Waals surface area contributed by atoms with Gasteiger partial charge in [0.15, 0.2) is 0 Å². The van der Waals surface area contributed by atoms with Crippen LogP contribution in [-0.4, -0.2) is 58.8 Å². The first-order valence-corrected chi connectivity index (χ1v) is 9.70. The average Bonchev–Trinajstić information content (AvgIpc) is 2.97. The summed E-state index contributed by atoms with van der Waals surface area (Å²) in [6.45, 7) is 3.74. The molecule has 4 rings (SSSR count). The molecule has 0 N–H and O–H groups in total. The number of imide groups is 1. The predicted molar refractivity (Wildman–Crippen MR) is 107 cm³/mol. The molecular weight excluding hydrogens is 360 g/mol. The van der Waals surface area contributed by atoms with Gasteiger partial charge in [0.25, 0.3) is 11.1 Å². The highest BCUT2D eigenvalue weighted by Gasteiger charge is 2.36. The maximum Gasteiger partial charge on any atom is 0.294 e. The van der Waals surface area contributed by atoms with Crippen LogP contribution < -0.4 is 4.90 Å². The van der Waals surface area contributed by atoms with Crippen molar-refractivity contribution in [3.05, 3.63) is 65.3 Å². The third-order valence-corrected chi connectivity index (χ3v) is 5.60. The summed E-state index contributed by atoms with van der Waals surface area (Å²) in [6.07, 6.45) is 5.08. The molecule has 0 spiro atoms. The molecule has 0 bridgehead atoms. The van der Waals surface area contributed by atoms with Gasteiger partial charge in [-0.05, 0) is 41.6 Å². The number of carbonyl (C=O) groups is 2. The Kier molecular flexibility index (Phi) is 5.22. The quantitative estimate of drug-likeness (QED) is 0.761. The molecule has 27 heavy (non-hydrogen) atoms. The predicted octanol–water partition coefficient (Wildman–Crippen LogP) is 2.90. The molecule has 1 aromatic heterocycles. The number of para-hydroxylation sites is 1. The van der Waals surface area contributed by atoms with E-state index in [1.165, 1.54) is 10.6 Å². The van der Waals surface area contributed by atoms with E-state index >= 15 is 0 Å². The van der Waals surface area contributed by atoms with E-state index in [2.05, 4.69) is 26.9 Å².